The van der Waals surface area contributed by atoms with Crippen molar-refractivity contribution in [3.63, 3.8) is 0 Å². The highest BCUT2D eigenvalue weighted by atomic mass is 16.5. The fourth-order valence-electron chi connectivity index (χ4n) is 10.6. The summed E-state index contributed by atoms with van der Waals surface area (Å²) >= 11 is 0. The number of fused-ring (bicyclic) bond motifs is 2. The highest BCUT2D eigenvalue weighted by Gasteiger charge is 2.14. The molecule has 0 saturated carbocycles. The molecule has 0 heterocycles. The van der Waals surface area contributed by atoms with Gasteiger partial charge in [-0.2, -0.15) is 10.2 Å². The predicted octanol–water partition coefficient (Wildman–Crippen LogP) is 21.5. The summed E-state index contributed by atoms with van der Waals surface area (Å²) in [6.45, 7) is 17.7. The van der Waals surface area contributed by atoms with Crippen LogP contribution in [0.15, 0.2) is 251 Å². The fraction of sp³-hybridized carbons (Fsp3) is 0.222. The van der Waals surface area contributed by atoms with Crippen molar-refractivity contribution < 1.29 is 42.8 Å². The number of anilines is 2. The van der Waals surface area contributed by atoms with Gasteiger partial charge in [-0.15, -0.1) is 10.2 Å². The molecule has 10 aromatic rings. The molecular weight excluding hydrogens is 1200 g/mol. The number of nitrogens with one attached hydrogen (secondary N) is 2. The van der Waals surface area contributed by atoms with Gasteiger partial charge >= 0.3 is 17.9 Å². The molecule has 0 aliphatic rings. The van der Waals surface area contributed by atoms with Crippen molar-refractivity contribution in [3.8, 4) is 39.9 Å². The second-order valence-electron chi connectivity index (χ2n) is 23.6. The Morgan fingerprint density at radius 3 is 1.18 bits per heavy atom. The van der Waals surface area contributed by atoms with E-state index < -0.39 is 5.97 Å². The summed E-state index contributed by atoms with van der Waals surface area (Å²) in [4.78, 5) is 36.0. The average molecular weight is 1280 g/mol. The van der Waals surface area contributed by atoms with Crippen LogP contribution in [-0.4, -0.2) is 44.3 Å². The molecule has 0 fully saturated rings. The standard InChI is InChI=1S/C81H80N6O9/c1-55(2)79(88)93-49-17-9-7-15-47-91-64-35-27-61(28-36-64)81(90)96-68-33-25-60(26-34-68)54-83-76-44-46-78(72-22-14-12-20-70(72)76)87-85-74-42-30-63(52-58(74)6)62-29-41-73(57(5)51-62)84-86-77-45-43-75(69-19-11-13-21-71(69)77)82-53-59-23-31-66(32-24-59)95-67-39-37-65(38-40-67)92-48-16-8-10-18-50-94-80(89)56(3)4/h11-14,19-46,51-52,82-83H,1,3,7-10,15-18,47-50,53-54H2,2,4-6H3/b86-84+,87-85+. The van der Waals surface area contributed by atoms with E-state index in [0.717, 1.165) is 158 Å². The van der Waals surface area contributed by atoms with Gasteiger partial charge in [0.2, 0.25) is 0 Å². The maximum Gasteiger partial charge on any atom is 0.343 e. The number of nitrogens with zero attached hydrogens (tertiary/aromatic N) is 4. The Kier molecular flexibility index (Phi) is 24.0. The number of hydrogen-bond acceptors (Lipinski definition) is 15. The van der Waals surface area contributed by atoms with E-state index in [1.54, 1.807) is 50.2 Å². The van der Waals surface area contributed by atoms with Crippen LogP contribution in [0.2, 0.25) is 0 Å². The topological polar surface area (TPSA) is 180 Å². The molecule has 15 heteroatoms. The molecule has 15 nitrogen and oxygen atoms in total. The van der Waals surface area contributed by atoms with Crippen LogP contribution in [0.3, 0.4) is 0 Å². The third kappa shape index (κ3) is 19.4. The monoisotopic (exact) mass is 1280 g/mol. The predicted molar refractivity (Wildman–Crippen MR) is 383 cm³/mol. The van der Waals surface area contributed by atoms with E-state index in [1.807, 2.05) is 110 Å². The largest absolute Gasteiger partial charge is 0.494 e. The summed E-state index contributed by atoms with van der Waals surface area (Å²) in [6, 6.07) is 67.0. The number of azo groups is 2. The zero-order valence-corrected chi connectivity index (χ0v) is 54.9. The summed E-state index contributed by atoms with van der Waals surface area (Å²) in [5.74, 6) is 2.25. The Morgan fingerprint density at radius 2 is 0.750 bits per heavy atom. The maximum atomic E-state index is 13.0. The van der Waals surface area contributed by atoms with E-state index in [0.29, 0.717) is 67.7 Å². The highest BCUT2D eigenvalue weighted by molar-refractivity contribution is 6.02. The van der Waals surface area contributed by atoms with E-state index in [1.165, 1.54) is 0 Å². The van der Waals surface area contributed by atoms with Gasteiger partial charge in [0, 0.05) is 57.2 Å². The summed E-state index contributed by atoms with van der Waals surface area (Å²) in [7, 11) is 0. The second kappa shape index (κ2) is 34.1. The Labute approximate surface area is 561 Å². The van der Waals surface area contributed by atoms with Crippen LogP contribution >= 0.6 is 0 Å². The molecule has 0 radical (unpaired) electrons. The minimum absolute atomic E-state index is 0.334. The van der Waals surface area contributed by atoms with Gasteiger partial charge in [-0.3, -0.25) is 0 Å². The van der Waals surface area contributed by atoms with E-state index in [2.05, 4.69) is 97.4 Å². The molecule has 0 saturated heterocycles. The normalized spacial score (nSPS) is 11.2. The number of hydrogen-bond donors (Lipinski definition) is 2. The lowest BCUT2D eigenvalue weighted by Gasteiger charge is -2.12. The minimum atomic E-state index is -0.453. The highest BCUT2D eigenvalue weighted by Crippen LogP contribution is 2.38. The van der Waals surface area contributed by atoms with Crippen LogP contribution < -0.4 is 29.6 Å². The Hall–Kier alpha value is -11.2. The smallest absolute Gasteiger partial charge is 0.343 e. The fourth-order valence-corrected chi connectivity index (χ4v) is 10.6. The van der Waals surface area contributed by atoms with E-state index in [-0.39, 0.29) is 11.9 Å². The van der Waals surface area contributed by atoms with Crippen molar-refractivity contribution in [2.24, 2.45) is 20.5 Å². The zero-order valence-electron chi connectivity index (χ0n) is 54.9. The molecule has 96 heavy (non-hydrogen) atoms. The van der Waals surface area contributed by atoms with Gasteiger partial charge < -0.3 is 39.1 Å². The number of esters is 3. The molecule has 0 spiro atoms. The van der Waals surface area contributed by atoms with Crippen LogP contribution in [-0.2, 0) is 32.2 Å². The van der Waals surface area contributed by atoms with Crippen LogP contribution in [0, 0.1) is 13.8 Å². The number of rotatable bonds is 33. The van der Waals surface area contributed by atoms with Crippen molar-refractivity contribution in [2.45, 2.75) is 92.2 Å². The minimum Gasteiger partial charge on any atom is -0.494 e. The summed E-state index contributed by atoms with van der Waals surface area (Å²) in [5.41, 5.74) is 12.6. The van der Waals surface area contributed by atoms with E-state index >= 15 is 0 Å². The van der Waals surface area contributed by atoms with Crippen molar-refractivity contribution in [1.29, 1.82) is 0 Å². The number of unbranched alkanes of at least 4 members (excludes halogenated alkanes) is 6. The number of aryl methyl sites for hydroxylation is 2. The van der Waals surface area contributed by atoms with Gasteiger partial charge in [0.15, 0.2) is 0 Å². The molecule has 0 unspecified atom stereocenters. The lowest BCUT2D eigenvalue weighted by Crippen LogP contribution is -2.08. The van der Waals surface area contributed by atoms with Crippen LogP contribution in [0.25, 0.3) is 32.7 Å². The first kappa shape index (κ1) is 67.7. The van der Waals surface area contributed by atoms with Crippen molar-refractivity contribution in [1.82, 2.24) is 0 Å². The SMILES string of the molecule is C=C(C)C(=O)OCCCCCCOc1ccc(Oc2ccc(CNc3ccc(/N=N/c4ccc(-c5ccc(/N=N/c6ccc(NCc7ccc(OC(=O)c8ccc(OCCCCCCOC(=O)C(=C)C)cc8)cc7)c7ccccc67)c(C)c5)cc4C)c4ccccc34)cc2)cc1. The molecule has 0 atom stereocenters. The molecule has 0 bridgehead atoms. The Bertz CT molecular complexity index is 4390. The molecule has 2 N–H and O–H groups in total. The van der Waals surface area contributed by atoms with Gasteiger partial charge in [-0.05, 0) is 234 Å². The van der Waals surface area contributed by atoms with E-state index in [4.69, 9.17) is 48.9 Å². The van der Waals surface area contributed by atoms with Gasteiger partial charge in [0.05, 0.1) is 54.7 Å². The van der Waals surface area contributed by atoms with Gasteiger partial charge in [0.1, 0.15) is 28.7 Å². The molecule has 0 amide bonds. The van der Waals surface area contributed by atoms with Crippen molar-refractivity contribution >= 4 is 73.6 Å². The van der Waals surface area contributed by atoms with Crippen LogP contribution in [0.5, 0.6) is 28.7 Å². The van der Waals surface area contributed by atoms with Crippen LogP contribution in [0.1, 0.15) is 97.8 Å². The lowest BCUT2D eigenvalue weighted by molar-refractivity contribution is -0.139. The lowest BCUT2D eigenvalue weighted by atomic mass is 10.0. The Morgan fingerprint density at radius 1 is 0.385 bits per heavy atom. The molecule has 10 rings (SSSR count). The Balaban J connectivity index is 0.669. The number of ether oxygens (including phenoxy) is 6. The summed E-state index contributed by atoms with van der Waals surface area (Å²) < 4.78 is 33.9. The number of carbonyl (C=O) groups is 3. The van der Waals surface area contributed by atoms with E-state index in [9.17, 15) is 14.4 Å². The molecule has 0 aliphatic heterocycles. The van der Waals surface area contributed by atoms with Crippen molar-refractivity contribution in [3.05, 3.63) is 258 Å². The molecular formula is C81H80N6O9. The number of benzene rings is 10. The molecule has 0 aromatic heterocycles. The third-order valence-corrected chi connectivity index (χ3v) is 16.0. The summed E-state index contributed by atoms with van der Waals surface area (Å²) in [6.07, 6.45) is 7.25. The first-order valence-corrected chi connectivity index (χ1v) is 32.6. The second-order valence-corrected chi connectivity index (χ2v) is 23.6. The molecule has 0 aliphatic carbocycles. The van der Waals surface area contributed by atoms with Crippen LogP contribution in [0.4, 0.5) is 34.1 Å². The first-order valence-electron chi connectivity index (χ1n) is 32.6. The molecule has 488 valence electrons. The van der Waals surface area contributed by atoms with Gasteiger partial charge in [0.25, 0.3) is 0 Å². The first-order chi connectivity index (χ1) is 46.8. The van der Waals surface area contributed by atoms with Crippen molar-refractivity contribution in [2.75, 3.05) is 37.1 Å². The maximum absolute atomic E-state index is 13.0. The van der Waals surface area contributed by atoms with Gasteiger partial charge in [-0.25, -0.2) is 14.4 Å². The average Bonchev–Trinajstić information content (AvgIpc) is 0.840. The molecule has 10 aromatic carbocycles. The zero-order chi connectivity index (χ0) is 67.0. The van der Waals surface area contributed by atoms with Gasteiger partial charge in [-0.1, -0.05) is 98.1 Å². The summed E-state index contributed by atoms with van der Waals surface area (Å²) in [5, 5.41) is 30.3. The number of carbonyl (C=O) groups excluding carboxylic acids is 3. The quantitative estimate of drug-likeness (QED) is 0.0131. The third-order valence-electron chi connectivity index (χ3n) is 16.0.